The minimum absolute atomic E-state index is 0.554. The fraction of sp³-hybridized carbons (Fsp3) is 0.368. The predicted molar refractivity (Wildman–Crippen MR) is 83.8 cm³/mol. The van der Waals surface area contributed by atoms with E-state index in [0.717, 1.165) is 18.9 Å². The van der Waals surface area contributed by atoms with Crippen LogP contribution in [0.15, 0.2) is 42.5 Å². The lowest BCUT2D eigenvalue weighted by Gasteiger charge is -2.19. The zero-order chi connectivity index (χ0) is 13.5. The molecule has 0 aliphatic heterocycles. The lowest BCUT2D eigenvalue weighted by Crippen LogP contribution is -2.22. The highest BCUT2D eigenvalue weighted by Crippen LogP contribution is 2.43. The Hall–Kier alpha value is -1.60. The molecule has 0 radical (unpaired) electrons. The third-order valence-corrected chi connectivity index (χ3v) is 4.70. The molecule has 2 aliphatic rings. The van der Waals surface area contributed by atoms with Gasteiger partial charge in [-0.05, 0) is 65.6 Å². The Morgan fingerprint density at radius 2 is 1.85 bits per heavy atom. The van der Waals surface area contributed by atoms with Gasteiger partial charge in [-0.25, -0.2) is 0 Å². The molecule has 102 valence electrons. The van der Waals surface area contributed by atoms with E-state index in [1.807, 2.05) is 0 Å². The summed E-state index contributed by atoms with van der Waals surface area (Å²) in [5.41, 5.74) is 7.34. The first-order valence-electron chi connectivity index (χ1n) is 7.81. The number of hydrogen-bond donors (Lipinski definition) is 1. The van der Waals surface area contributed by atoms with Crippen LogP contribution in [0.2, 0.25) is 0 Å². The Balaban J connectivity index is 1.75. The predicted octanol–water partition coefficient (Wildman–Crippen LogP) is 4.32. The molecule has 1 fully saturated rings. The summed E-state index contributed by atoms with van der Waals surface area (Å²) >= 11 is 0. The van der Waals surface area contributed by atoms with Gasteiger partial charge in [-0.15, -0.1) is 0 Å². The monoisotopic (exact) mass is 263 g/mol. The molecule has 2 aromatic carbocycles. The molecule has 1 atom stereocenters. The molecular weight excluding hydrogens is 242 g/mol. The van der Waals surface area contributed by atoms with Crippen LogP contribution in [0.1, 0.15) is 42.5 Å². The smallest absolute Gasteiger partial charge is 0.0348 e. The molecule has 1 N–H and O–H groups in total. The summed E-state index contributed by atoms with van der Waals surface area (Å²) in [4.78, 5) is 0. The lowest BCUT2D eigenvalue weighted by atomic mass is 9.96. The van der Waals surface area contributed by atoms with Crippen molar-refractivity contribution in [3.8, 4) is 11.1 Å². The molecule has 1 nitrogen and oxygen atoms in total. The van der Waals surface area contributed by atoms with Gasteiger partial charge in [0.1, 0.15) is 0 Å². The highest BCUT2D eigenvalue weighted by molar-refractivity contribution is 5.77. The van der Waals surface area contributed by atoms with Gasteiger partial charge >= 0.3 is 0 Å². The number of benzene rings is 2. The van der Waals surface area contributed by atoms with Crippen LogP contribution >= 0.6 is 0 Å². The van der Waals surface area contributed by atoms with Crippen molar-refractivity contribution in [2.24, 2.45) is 5.92 Å². The molecule has 0 amide bonds. The lowest BCUT2D eigenvalue weighted by molar-refractivity contribution is 0.496. The van der Waals surface area contributed by atoms with E-state index in [0.29, 0.717) is 6.04 Å². The van der Waals surface area contributed by atoms with Gasteiger partial charge in [0.25, 0.3) is 0 Å². The van der Waals surface area contributed by atoms with Gasteiger partial charge in [-0.2, -0.15) is 0 Å². The van der Waals surface area contributed by atoms with Crippen molar-refractivity contribution in [2.45, 2.75) is 32.2 Å². The molecule has 2 aliphatic carbocycles. The summed E-state index contributed by atoms with van der Waals surface area (Å²) in [7, 11) is 0. The molecule has 20 heavy (non-hydrogen) atoms. The van der Waals surface area contributed by atoms with E-state index in [9.17, 15) is 0 Å². The van der Waals surface area contributed by atoms with Crippen LogP contribution in [-0.2, 0) is 6.42 Å². The average Bonchev–Trinajstić information content (AvgIpc) is 3.25. The van der Waals surface area contributed by atoms with Crippen LogP contribution in [0.5, 0.6) is 0 Å². The van der Waals surface area contributed by atoms with Crippen LogP contribution in [-0.4, -0.2) is 6.54 Å². The van der Waals surface area contributed by atoms with Gasteiger partial charge in [0.2, 0.25) is 0 Å². The van der Waals surface area contributed by atoms with E-state index in [4.69, 9.17) is 0 Å². The van der Waals surface area contributed by atoms with Gasteiger partial charge in [0, 0.05) is 6.04 Å². The Morgan fingerprint density at radius 3 is 2.65 bits per heavy atom. The van der Waals surface area contributed by atoms with Crippen molar-refractivity contribution in [3.05, 3.63) is 59.2 Å². The van der Waals surface area contributed by atoms with E-state index in [2.05, 4.69) is 54.7 Å². The van der Waals surface area contributed by atoms with E-state index >= 15 is 0 Å². The molecule has 0 aromatic heterocycles. The average molecular weight is 263 g/mol. The topological polar surface area (TPSA) is 12.0 Å². The van der Waals surface area contributed by atoms with Crippen LogP contribution in [0.4, 0.5) is 0 Å². The molecule has 2 aromatic rings. The Morgan fingerprint density at radius 1 is 1.05 bits per heavy atom. The second-order valence-corrected chi connectivity index (χ2v) is 6.12. The molecule has 0 saturated heterocycles. The Bertz CT molecular complexity index is 640. The van der Waals surface area contributed by atoms with Crippen LogP contribution < -0.4 is 5.32 Å². The van der Waals surface area contributed by atoms with Gasteiger partial charge < -0.3 is 5.32 Å². The summed E-state index contributed by atoms with van der Waals surface area (Å²) < 4.78 is 0. The van der Waals surface area contributed by atoms with Crippen molar-refractivity contribution in [1.29, 1.82) is 0 Å². The van der Waals surface area contributed by atoms with Gasteiger partial charge in [-0.1, -0.05) is 43.3 Å². The normalized spacial score (nSPS) is 17.6. The molecule has 1 unspecified atom stereocenters. The summed E-state index contributed by atoms with van der Waals surface area (Å²) in [6.45, 7) is 3.26. The summed E-state index contributed by atoms with van der Waals surface area (Å²) in [6, 6.07) is 16.5. The van der Waals surface area contributed by atoms with Gasteiger partial charge in [0.15, 0.2) is 0 Å². The molecule has 0 bridgehead atoms. The highest BCUT2D eigenvalue weighted by atomic mass is 14.9. The van der Waals surface area contributed by atoms with E-state index in [-0.39, 0.29) is 0 Å². The minimum Gasteiger partial charge on any atom is -0.310 e. The molecular formula is C19H21N. The first kappa shape index (κ1) is 12.2. The van der Waals surface area contributed by atoms with Crippen molar-refractivity contribution in [3.63, 3.8) is 0 Å². The summed E-state index contributed by atoms with van der Waals surface area (Å²) in [6.07, 6.45) is 3.86. The quantitative estimate of drug-likeness (QED) is 0.739. The second-order valence-electron chi connectivity index (χ2n) is 6.12. The van der Waals surface area contributed by atoms with Crippen LogP contribution in [0, 0.1) is 5.92 Å². The zero-order valence-corrected chi connectivity index (χ0v) is 12.0. The number of nitrogens with one attached hydrogen (secondary N) is 1. The maximum Gasteiger partial charge on any atom is 0.0348 e. The molecule has 0 heterocycles. The van der Waals surface area contributed by atoms with Crippen molar-refractivity contribution in [2.75, 3.05) is 6.54 Å². The summed E-state index contributed by atoms with van der Waals surface area (Å²) in [5, 5.41) is 3.68. The first-order chi connectivity index (χ1) is 9.86. The van der Waals surface area contributed by atoms with Crippen molar-refractivity contribution in [1.82, 2.24) is 5.32 Å². The first-order valence-corrected chi connectivity index (χ1v) is 7.81. The largest absolute Gasteiger partial charge is 0.310 e. The van der Waals surface area contributed by atoms with Crippen LogP contribution in [0.3, 0.4) is 0 Å². The zero-order valence-electron chi connectivity index (χ0n) is 12.0. The highest BCUT2D eigenvalue weighted by Gasteiger charge is 2.32. The number of fused-ring (bicyclic) bond motifs is 3. The maximum absolute atomic E-state index is 3.68. The third-order valence-electron chi connectivity index (χ3n) is 4.70. The number of hydrogen-bond acceptors (Lipinski definition) is 1. The van der Waals surface area contributed by atoms with Crippen molar-refractivity contribution < 1.29 is 0 Å². The molecule has 1 heteroatoms. The van der Waals surface area contributed by atoms with Gasteiger partial charge in [0.05, 0.1) is 0 Å². The van der Waals surface area contributed by atoms with Gasteiger partial charge in [-0.3, -0.25) is 0 Å². The summed E-state index contributed by atoms with van der Waals surface area (Å²) in [5.74, 6) is 0.852. The Labute approximate surface area is 121 Å². The van der Waals surface area contributed by atoms with Crippen molar-refractivity contribution >= 4 is 0 Å². The molecule has 4 rings (SSSR count). The van der Waals surface area contributed by atoms with E-state index in [1.54, 1.807) is 0 Å². The maximum atomic E-state index is 3.68. The second kappa shape index (κ2) is 4.75. The standard InChI is InChI=1S/C19H21N/c1-2-20-19(13-7-8-13)16-10-9-15-11-14-5-3-4-6-17(14)18(15)12-16/h3-6,9-10,12-13,19-20H,2,7-8,11H2,1H3. The molecule has 0 spiro atoms. The van der Waals surface area contributed by atoms with E-state index < -0.39 is 0 Å². The third kappa shape index (κ3) is 1.97. The van der Waals surface area contributed by atoms with E-state index in [1.165, 1.54) is 40.7 Å². The fourth-order valence-electron chi connectivity index (χ4n) is 3.54. The minimum atomic E-state index is 0.554. The molecule has 1 saturated carbocycles. The number of rotatable bonds is 4. The van der Waals surface area contributed by atoms with Crippen LogP contribution in [0.25, 0.3) is 11.1 Å². The fourth-order valence-corrected chi connectivity index (χ4v) is 3.54. The SMILES string of the molecule is CCNC(c1ccc2c(c1)-c1ccccc1C2)C1CC1. The Kier molecular flexibility index (Phi) is 2.89.